The highest BCUT2D eigenvalue weighted by molar-refractivity contribution is 5.97. The van der Waals surface area contributed by atoms with E-state index >= 15 is 0 Å². The quantitative estimate of drug-likeness (QED) is 0.698. The number of ether oxygens (including phenoxy) is 2. The molecule has 3 rings (SSSR count). The molecule has 0 atom stereocenters. The van der Waals surface area contributed by atoms with E-state index < -0.39 is 0 Å². The topological polar surface area (TPSA) is 59.3 Å². The lowest BCUT2D eigenvalue weighted by Crippen LogP contribution is -2.12. The minimum atomic E-state index is -0.0772. The van der Waals surface area contributed by atoms with Crippen LogP contribution in [-0.2, 0) is 0 Å². The standard InChI is InChI=1S/C22H23NO3/c1-25-22-13-16(14-23)7-12-21(22)26-15-20(24)19-10-8-18(9-11-19)17-5-3-2-4-6-17/h7-13,17H,2-6,15H2,1H3. The van der Waals surface area contributed by atoms with E-state index in [1.54, 1.807) is 18.2 Å². The number of hydrogen-bond acceptors (Lipinski definition) is 4. The number of ketones is 1. The molecule has 0 bridgehead atoms. The average molecular weight is 349 g/mol. The van der Waals surface area contributed by atoms with Crippen LogP contribution >= 0.6 is 0 Å². The van der Waals surface area contributed by atoms with Crippen molar-refractivity contribution >= 4 is 5.78 Å². The Balaban J connectivity index is 1.62. The molecule has 4 heteroatoms. The van der Waals surface area contributed by atoms with Crippen molar-refractivity contribution in [2.75, 3.05) is 13.7 Å². The predicted molar refractivity (Wildman–Crippen MR) is 99.8 cm³/mol. The van der Waals surface area contributed by atoms with Gasteiger partial charge in [-0.05, 0) is 36.5 Å². The molecule has 0 unspecified atom stereocenters. The van der Waals surface area contributed by atoms with Gasteiger partial charge in [0.2, 0.25) is 0 Å². The van der Waals surface area contributed by atoms with Crippen LogP contribution < -0.4 is 9.47 Å². The highest BCUT2D eigenvalue weighted by Crippen LogP contribution is 2.32. The molecule has 0 N–H and O–H groups in total. The van der Waals surface area contributed by atoms with Crippen molar-refractivity contribution in [1.82, 2.24) is 0 Å². The summed E-state index contributed by atoms with van der Waals surface area (Å²) in [5.41, 5.74) is 2.46. The van der Waals surface area contributed by atoms with Gasteiger partial charge in [0.05, 0.1) is 18.7 Å². The van der Waals surface area contributed by atoms with Gasteiger partial charge in [0, 0.05) is 11.6 Å². The van der Waals surface area contributed by atoms with Crippen molar-refractivity contribution in [3.8, 4) is 17.6 Å². The van der Waals surface area contributed by atoms with Gasteiger partial charge < -0.3 is 9.47 Å². The maximum atomic E-state index is 12.4. The van der Waals surface area contributed by atoms with E-state index in [4.69, 9.17) is 14.7 Å². The molecule has 4 nitrogen and oxygen atoms in total. The minimum Gasteiger partial charge on any atom is -0.493 e. The predicted octanol–water partition coefficient (Wildman–Crippen LogP) is 4.88. The summed E-state index contributed by atoms with van der Waals surface area (Å²) >= 11 is 0. The van der Waals surface area contributed by atoms with Crippen LogP contribution in [0.5, 0.6) is 11.5 Å². The number of rotatable bonds is 6. The molecule has 134 valence electrons. The van der Waals surface area contributed by atoms with E-state index in [-0.39, 0.29) is 12.4 Å². The normalized spacial score (nSPS) is 14.5. The van der Waals surface area contributed by atoms with Crippen molar-refractivity contribution in [3.05, 3.63) is 59.2 Å². The summed E-state index contributed by atoms with van der Waals surface area (Å²) in [6.07, 6.45) is 6.42. The second-order valence-electron chi connectivity index (χ2n) is 6.65. The molecule has 1 aliphatic rings. The lowest BCUT2D eigenvalue weighted by Gasteiger charge is -2.22. The van der Waals surface area contributed by atoms with E-state index in [0.717, 1.165) is 0 Å². The summed E-state index contributed by atoms with van der Waals surface area (Å²) in [5.74, 6) is 1.46. The average Bonchev–Trinajstić information content (AvgIpc) is 2.72. The fourth-order valence-electron chi connectivity index (χ4n) is 3.46. The first kappa shape index (κ1) is 18.0. The third-order valence-corrected chi connectivity index (χ3v) is 4.96. The van der Waals surface area contributed by atoms with Crippen LogP contribution in [0.15, 0.2) is 42.5 Å². The Morgan fingerprint density at radius 1 is 1.08 bits per heavy atom. The van der Waals surface area contributed by atoms with Crippen LogP contribution in [0.2, 0.25) is 0 Å². The van der Waals surface area contributed by atoms with E-state index in [9.17, 15) is 4.79 Å². The Hall–Kier alpha value is -2.80. The number of hydrogen-bond donors (Lipinski definition) is 0. The molecular formula is C22H23NO3. The van der Waals surface area contributed by atoms with Crippen LogP contribution in [0.4, 0.5) is 0 Å². The number of carbonyl (C=O) groups excluding carboxylic acids is 1. The number of benzene rings is 2. The molecule has 1 saturated carbocycles. The zero-order valence-electron chi connectivity index (χ0n) is 15.0. The monoisotopic (exact) mass is 349 g/mol. The zero-order chi connectivity index (χ0) is 18.4. The van der Waals surface area contributed by atoms with Crippen molar-refractivity contribution < 1.29 is 14.3 Å². The maximum absolute atomic E-state index is 12.4. The van der Waals surface area contributed by atoms with Crippen molar-refractivity contribution in [2.45, 2.75) is 38.0 Å². The molecule has 0 spiro atoms. The lowest BCUT2D eigenvalue weighted by molar-refractivity contribution is 0.0919. The van der Waals surface area contributed by atoms with E-state index in [0.29, 0.717) is 28.5 Å². The second kappa shape index (κ2) is 8.53. The van der Waals surface area contributed by atoms with Gasteiger partial charge in [0.1, 0.15) is 0 Å². The largest absolute Gasteiger partial charge is 0.493 e. The van der Waals surface area contributed by atoms with Gasteiger partial charge >= 0.3 is 0 Å². The molecule has 0 amide bonds. The van der Waals surface area contributed by atoms with Crippen LogP contribution in [0.1, 0.15) is 59.5 Å². The van der Waals surface area contributed by atoms with Gasteiger partial charge in [-0.25, -0.2) is 0 Å². The van der Waals surface area contributed by atoms with Gasteiger partial charge in [0.25, 0.3) is 0 Å². The number of methoxy groups -OCH3 is 1. The zero-order valence-corrected chi connectivity index (χ0v) is 15.0. The van der Waals surface area contributed by atoms with E-state index in [2.05, 4.69) is 12.1 Å². The van der Waals surface area contributed by atoms with Gasteiger partial charge in [0.15, 0.2) is 23.9 Å². The fraction of sp³-hybridized carbons (Fsp3) is 0.364. The molecular weight excluding hydrogens is 326 g/mol. The van der Waals surface area contributed by atoms with Crippen molar-refractivity contribution in [2.24, 2.45) is 0 Å². The summed E-state index contributed by atoms with van der Waals surface area (Å²) in [6.45, 7) is -0.0644. The Kier molecular flexibility index (Phi) is 5.91. The summed E-state index contributed by atoms with van der Waals surface area (Å²) < 4.78 is 10.8. The molecule has 0 saturated heterocycles. The molecule has 1 fully saturated rings. The van der Waals surface area contributed by atoms with Gasteiger partial charge in [-0.2, -0.15) is 5.26 Å². The van der Waals surface area contributed by atoms with Gasteiger partial charge in [-0.3, -0.25) is 4.79 Å². The van der Waals surface area contributed by atoms with Crippen LogP contribution in [0, 0.1) is 11.3 Å². The number of nitriles is 1. The lowest BCUT2D eigenvalue weighted by atomic mass is 9.84. The first-order chi connectivity index (χ1) is 12.7. The Morgan fingerprint density at radius 3 is 2.46 bits per heavy atom. The summed E-state index contributed by atoms with van der Waals surface area (Å²) in [5, 5.41) is 8.93. The Morgan fingerprint density at radius 2 is 1.81 bits per heavy atom. The van der Waals surface area contributed by atoms with Crippen molar-refractivity contribution in [1.29, 1.82) is 5.26 Å². The molecule has 2 aromatic carbocycles. The summed E-state index contributed by atoms with van der Waals surface area (Å²) in [7, 11) is 1.51. The Bertz CT molecular complexity index is 799. The molecule has 0 aliphatic heterocycles. The van der Waals surface area contributed by atoms with Crippen LogP contribution in [0.25, 0.3) is 0 Å². The first-order valence-electron chi connectivity index (χ1n) is 9.05. The number of carbonyl (C=O) groups is 1. The molecule has 0 heterocycles. The molecule has 0 aromatic heterocycles. The SMILES string of the molecule is COc1cc(C#N)ccc1OCC(=O)c1ccc(C2CCCCC2)cc1. The highest BCUT2D eigenvalue weighted by Gasteiger charge is 2.16. The summed E-state index contributed by atoms with van der Waals surface area (Å²) in [6, 6.07) is 14.9. The number of Topliss-reactive ketones (excluding diaryl/α,β-unsaturated/α-hetero) is 1. The molecule has 1 aliphatic carbocycles. The van der Waals surface area contributed by atoms with E-state index in [1.165, 1.54) is 44.8 Å². The van der Waals surface area contributed by atoms with Crippen LogP contribution in [-0.4, -0.2) is 19.5 Å². The first-order valence-corrected chi connectivity index (χ1v) is 9.05. The number of nitrogens with zero attached hydrogens (tertiary/aromatic N) is 1. The molecule has 0 radical (unpaired) electrons. The van der Waals surface area contributed by atoms with Gasteiger partial charge in [-0.15, -0.1) is 0 Å². The van der Waals surface area contributed by atoms with E-state index in [1.807, 2.05) is 18.2 Å². The van der Waals surface area contributed by atoms with Gasteiger partial charge in [-0.1, -0.05) is 43.5 Å². The Labute approximate surface area is 154 Å². The molecule has 2 aromatic rings. The third-order valence-electron chi connectivity index (χ3n) is 4.96. The minimum absolute atomic E-state index is 0.0644. The fourth-order valence-corrected chi connectivity index (χ4v) is 3.46. The second-order valence-corrected chi connectivity index (χ2v) is 6.65. The summed E-state index contributed by atoms with van der Waals surface area (Å²) in [4.78, 5) is 12.4. The van der Waals surface area contributed by atoms with Crippen LogP contribution in [0.3, 0.4) is 0 Å². The smallest absolute Gasteiger partial charge is 0.200 e. The van der Waals surface area contributed by atoms with Crippen molar-refractivity contribution in [3.63, 3.8) is 0 Å². The maximum Gasteiger partial charge on any atom is 0.200 e. The third kappa shape index (κ3) is 4.23. The molecule has 26 heavy (non-hydrogen) atoms. The highest BCUT2D eigenvalue weighted by atomic mass is 16.5.